The van der Waals surface area contributed by atoms with Gasteiger partial charge in [-0.25, -0.2) is 4.79 Å². The van der Waals surface area contributed by atoms with Gasteiger partial charge in [0, 0.05) is 12.4 Å². The maximum absolute atomic E-state index is 13.5. The third-order valence-corrected chi connectivity index (χ3v) is 5.64. The van der Waals surface area contributed by atoms with Gasteiger partial charge in [0.2, 0.25) is 0 Å². The van der Waals surface area contributed by atoms with Gasteiger partial charge in [-0.2, -0.15) is 0 Å². The topological polar surface area (TPSA) is 72.9 Å². The number of likely N-dealkylation sites (N-methyl/N-ethyl adjacent to an activating group) is 1. The molecule has 3 amide bonds. The molecule has 6 nitrogen and oxygen atoms in total. The van der Waals surface area contributed by atoms with Gasteiger partial charge in [-0.05, 0) is 29.1 Å². The lowest BCUT2D eigenvalue weighted by atomic mass is 9.95. The summed E-state index contributed by atoms with van der Waals surface area (Å²) < 4.78 is 0. The number of hydrogen-bond donors (Lipinski definition) is 2. The van der Waals surface area contributed by atoms with E-state index in [4.69, 9.17) is 0 Å². The van der Waals surface area contributed by atoms with E-state index in [0.717, 1.165) is 22.0 Å². The van der Waals surface area contributed by atoms with Crippen molar-refractivity contribution in [2.45, 2.75) is 6.04 Å². The summed E-state index contributed by atoms with van der Waals surface area (Å²) in [7, 11) is 1.68. The number of anilines is 1. The molecular weight excluding hydrogens is 366 g/mol. The molecule has 0 saturated carbocycles. The first-order valence-corrected chi connectivity index (χ1v) is 9.40. The molecule has 0 saturated heterocycles. The molecule has 2 aliphatic rings. The summed E-state index contributed by atoms with van der Waals surface area (Å²) in [5, 5.41) is 14.6. The first-order valence-electron chi connectivity index (χ1n) is 9.40. The van der Waals surface area contributed by atoms with Crippen molar-refractivity contribution >= 4 is 28.4 Å². The summed E-state index contributed by atoms with van der Waals surface area (Å²) in [6, 6.07) is 19.6. The molecule has 0 aromatic heterocycles. The van der Waals surface area contributed by atoms with Crippen LogP contribution in [0.25, 0.3) is 10.8 Å². The molecule has 0 bridgehead atoms. The van der Waals surface area contributed by atoms with Crippen molar-refractivity contribution < 1.29 is 14.7 Å². The molecule has 2 N–H and O–H groups in total. The first kappa shape index (κ1) is 17.3. The lowest BCUT2D eigenvalue weighted by Crippen LogP contribution is -2.45. The number of nitrogens with one attached hydrogen (secondary N) is 1. The van der Waals surface area contributed by atoms with Crippen LogP contribution in [0.3, 0.4) is 0 Å². The van der Waals surface area contributed by atoms with Gasteiger partial charge in [-0.1, -0.05) is 48.5 Å². The molecule has 5 rings (SSSR count). The second-order valence-electron chi connectivity index (χ2n) is 7.28. The average Bonchev–Trinajstić information content (AvgIpc) is 3.08. The summed E-state index contributed by atoms with van der Waals surface area (Å²) >= 11 is 0. The molecule has 0 fully saturated rings. The third-order valence-electron chi connectivity index (χ3n) is 5.64. The number of fused-ring (bicyclic) bond motifs is 1. The van der Waals surface area contributed by atoms with Crippen molar-refractivity contribution in [2.24, 2.45) is 0 Å². The fourth-order valence-electron chi connectivity index (χ4n) is 4.12. The van der Waals surface area contributed by atoms with Crippen LogP contribution in [0.1, 0.15) is 11.6 Å². The van der Waals surface area contributed by atoms with Crippen LogP contribution in [-0.4, -0.2) is 35.5 Å². The monoisotopic (exact) mass is 385 g/mol. The van der Waals surface area contributed by atoms with E-state index in [2.05, 4.69) is 5.32 Å². The number of benzene rings is 3. The summed E-state index contributed by atoms with van der Waals surface area (Å²) in [6.07, 6.45) is 0. The summed E-state index contributed by atoms with van der Waals surface area (Å²) in [4.78, 5) is 29.3. The Labute approximate surface area is 167 Å². The van der Waals surface area contributed by atoms with E-state index in [1.165, 1.54) is 4.90 Å². The van der Waals surface area contributed by atoms with Gasteiger partial charge in [-0.3, -0.25) is 9.69 Å². The van der Waals surface area contributed by atoms with E-state index in [0.29, 0.717) is 17.8 Å². The molecular formula is C23H19N3O3. The van der Waals surface area contributed by atoms with Gasteiger partial charge in [-0.15, -0.1) is 0 Å². The third kappa shape index (κ3) is 2.64. The Morgan fingerprint density at radius 1 is 0.966 bits per heavy atom. The second kappa shape index (κ2) is 6.38. The zero-order chi connectivity index (χ0) is 20.1. The molecule has 0 unspecified atom stereocenters. The standard InChI is InChI=1S/C23H19N3O3/c1-25-19-13-26(18-8-4-6-14-5-2-3-7-17(14)18)22(28)20(19)21(24-23(25)29)15-9-11-16(27)12-10-15/h2-12,21,27H,13H2,1H3,(H,24,29)/t21-/m1/s1. The highest BCUT2D eigenvalue weighted by Gasteiger charge is 2.43. The van der Waals surface area contributed by atoms with Crippen LogP contribution in [0.4, 0.5) is 10.5 Å². The van der Waals surface area contributed by atoms with E-state index < -0.39 is 6.04 Å². The molecule has 3 aromatic rings. The van der Waals surface area contributed by atoms with Crippen molar-refractivity contribution in [1.82, 2.24) is 10.2 Å². The predicted octanol–water partition coefficient (Wildman–Crippen LogP) is 3.54. The number of rotatable bonds is 2. The number of phenolic OH excluding ortho intramolecular Hbond substituents is 1. The van der Waals surface area contributed by atoms with E-state index in [-0.39, 0.29) is 17.7 Å². The van der Waals surface area contributed by atoms with Gasteiger partial charge in [0.1, 0.15) is 5.75 Å². The minimum Gasteiger partial charge on any atom is -0.508 e. The van der Waals surface area contributed by atoms with Crippen molar-refractivity contribution in [2.75, 3.05) is 18.5 Å². The van der Waals surface area contributed by atoms with E-state index in [1.807, 2.05) is 42.5 Å². The highest BCUT2D eigenvalue weighted by Crippen LogP contribution is 2.39. The number of urea groups is 1. The normalized spacial score (nSPS) is 19.0. The van der Waals surface area contributed by atoms with Crippen LogP contribution < -0.4 is 10.2 Å². The molecule has 3 aromatic carbocycles. The molecule has 1 atom stereocenters. The van der Waals surface area contributed by atoms with Gasteiger partial charge < -0.3 is 15.3 Å². The maximum Gasteiger partial charge on any atom is 0.322 e. The minimum atomic E-state index is -0.554. The number of amides is 3. The largest absolute Gasteiger partial charge is 0.508 e. The van der Waals surface area contributed by atoms with Crippen molar-refractivity contribution in [1.29, 1.82) is 0 Å². The van der Waals surface area contributed by atoms with E-state index in [1.54, 1.807) is 36.2 Å². The first-order chi connectivity index (χ1) is 14.0. The number of nitrogens with zero attached hydrogens (tertiary/aromatic N) is 2. The summed E-state index contributed by atoms with van der Waals surface area (Å²) in [5.74, 6) is 0.0126. The summed E-state index contributed by atoms with van der Waals surface area (Å²) in [6.45, 7) is 0.334. The number of carbonyl (C=O) groups is 2. The highest BCUT2D eigenvalue weighted by atomic mass is 16.3. The Bertz CT molecular complexity index is 1180. The quantitative estimate of drug-likeness (QED) is 0.709. The molecule has 0 aliphatic carbocycles. The van der Waals surface area contributed by atoms with Crippen molar-refractivity contribution in [3.05, 3.63) is 83.6 Å². The minimum absolute atomic E-state index is 0.124. The van der Waals surface area contributed by atoms with E-state index >= 15 is 0 Å². The summed E-state index contributed by atoms with van der Waals surface area (Å²) in [5.41, 5.74) is 2.84. The molecule has 2 heterocycles. The Morgan fingerprint density at radius 2 is 1.69 bits per heavy atom. The Kier molecular flexibility index (Phi) is 3.81. The Balaban J connectivity index is 1.61. The van der Waals surface area contributed by atoms with Crippen LogP contribution in [0.2, 0.25) is 0 Å². The zero-order valence-corrected chi connectivity index (χ0v) is 15.8. The predicted molar refractivity (Wildman–Crippen MR) is 110 cm³/mol. The smallest absolute Gasteiger partial charge is 0.322 e. The Hall–Kier alpha value is -3.80. The number of phenols is 1. The van der Waals surface area contributed by atoms with Crippen molar-refractivity contribution in [3.8, 4) is 5.75 Å². The fraction of sp³-hybridized carbons (Fsp3) is 0.130. The van der Waals surface area contributed by atoms with Crippen LogP contribution in [-0.2, 0) is 4.79 Å². The maximum atomic E-state index is 13.5. The van der Waals surface area contributed by atoms with Crippen LogP contribution >= 0.6 is 0 Å². The van der Waals surface area contributed by atoms with Gasteiger partial charge >= 0.3 is 6.03 Å². The number of aromatic hydroxyl groups is 1. The second-order valence-corrected chi connectivity index (χ2v) is 7.28. The Morgan fingerprint density at radius 3 is 2.48 bits per heavy atom. The lowest BCUT2D eigenvalue weighted by Gasteiger charge is -2.31. The van der Waals surface area contributed by atoms with Crippen LogP contribution in [0, 0.1) is 0 Å². The molecule has 0 radical (unpaired) electrons. The molecule has 2 aliphatic heterocycles. The van der Waals surface area contributed by atoms with Crippen LogP contribution in [0.15, 0.2) is 78.0 Å². The fourth-order valence-corrected chi connectivity index (χ4v) is 4.12. The van der Waals surface area contributed by atoms with Gasteiger partial charge in [0.15, 0.2) is 0 Å². The molecule has 144 valence electrons. The van der Waals surface area contributed by atoms with Crippen molar-refractivity contribution in [3.63, 3.8) is 0 Å². The number of hydrogen-bond acceptors (Lipinski definition) is 3. The van der Waals surface area contributed by atoms with Gasteiger partial charge in [0.25, 0.3) is 5.91 Å². The van der Waals surface area contributed by atoms with Crippen LogP contribution in [0.5, 0.6) is 5.75 Å². The SMILES string of the molecule is CN1C(=O)N[C@H](c2ccc(O)cc2)C2=C1CN(c1cccc3ccccc13)C2=O. The molecule has 0 spiro atoms. The van der Waals surface area contributed by atoms with Gasteiger partial charge in [0.05, 0.1) is 29.5 Å². The molecule has 6 heteroatoms. The average molecular weight is 385 g/mol. The van der Waals surface area contributed by atoms with E-state index in [9.17, 15) is 14.7 Å². The lowest BCUT2D eigenvalue weighted by molar-refractivity contribution is -0.114. The molecule has 29 heavy (non-hydrogen) atoms. The zero-order valence-electron chi connectivity index (χ0n) is 15.8. The number of carbonyl (C=O) groups excluding carboxylic acids is 2. The highest BCUT2D eigenvalue weighted by molar-refractivity contribution is 6.15.